The van der Waals surface area contributed by atoms with E-state index in [1.807, 2.05) is 18.2 Å². The molecule has 19 heavy (non-hydrogen) atoms. The number of hydrogen-bond donors (Lipinski definition) is 0. The summed E-state index contributed by atoms with van der Waals surface area (Å²) < 4.78 is 0. The molecule has 0 fully saturated rings. The fourth-order valence-electron chi connectivity index (χ4n) is 2.20. The van der Waals surface area contributed by atoms with Crippen LogP contribution in [0.4, 0.5) is 0 Å². The maximum atomic E-state index is 6.51. The quantitative estimate of drug-likeness (QED) is 0.609. The van der Waals surface area contributed by atoms with Crippen molar-refractivity contribution in [3.05, 3.63) is 64.0 Å². The number of fused-ring (bicyclic) bond motifs is 1. The van der Waals surface area contributed by atoms with E-state index in [0.29, 0.717) is 0 Å². The minimum absolute atomic E-state index is 0.00802. The molecule has 3 heteroatoms. The van der Waals surface area contributed by atoms with Crippen molar-refractivity contribution in [2.24, 2.45) is 0 Å². The van der Waals surface area contributed by atoms with Gasteiger partial charge in [-0.1, -0.05) is 24.3 Å². The lowest BCUT2D eigenvalue weighted by atomic mass is 10.1. The minimum Gasteiger partial charge on any atom is -0.253 e. The van der Waals surface area contributed by atoms with Gasteiger partial charge in [-0.2, -0.15) is 0 Å². The molecule has 0 amide bonds. The topological polar surface area (TPSA) is 12.9 Å². The van der Waals surface area contributed by atoms with Crippen molar-refractivity contribution in [2.45, 2.75) is 18.7 Å². The lowest BCUT2D eigenvalue weighted by molar-refractivity contribution is 0.898. The summed E-state index contributed by atoms with van der Waals surface area (Å²) in [5.74, 6) is 0. The van der Waals surface area contributed by atoms with Crippen LogP contribution < -0.4 is 0 Å². The highest BCUT2D eigenvalue weighted by molar-refractivity contribution is 7.10. The van der Waals surface area contributed by atoms with Gasteiger partial charge in [-0.25, -0.2) is 0 Å². The second-order valence-electron chi connectivity index (χ2n) is 4.63. The van der Waals surface area contributed by atoms with Crippen molar-refractivity contribution in [1.82, 2.24) is 4.98 Å². The van der Waals surface area contributed by atoms with E-state index in [-0.39, 0.29) is 5.38 Å². The first kappa shape index (κ1) is 12.6. The number of aromatic nitrogens is 1. The SMILES string of the molecule is Cc1ccsc1C(Cl)Cc1ccc2ccccc2n1. The van der Waals surface area contributed by atoms with Crippen molar-refractivity contribution in [2.75, 3.05) is 0 Å². The molecule has 0 spiro atoms. The van der Waals surface area contributed by atoms with Gasteiger partial charge in [-0.3, -0.25) is 4.98 Å². The number of alkyl halides is 1. The van der Waals surface area contributed by atoms with Crippen LogP contribution in [0.2, 0.25) is 0 Å². The molecule has 2 aromatic heterocycles. The number of nitrogens with zero attached hydrogens (tertiary/aromatic N) is 1. The van der Waals surface area contributed by atoms with Gasteiger partial charge in [0.15, 0.2) is 0 Å². The Labute approximate surface area is 121 Å². The van der Waals surface area contributed by atoms with Gasteiger partial charge in [0.05, 0.1) is 10.9 Å². The van der Waals surface area contributed by atoms with Crippen LogP contribution in [0, 0.1) is 6.92 Å². The minimum atomic E-state index is 0.00802. The Balaban J connectivity index is 1.87. The summed E-state index contributed by atoms with van der Waals surface area (Å²) in [6, 6.07) is 14.5. The maximum absolute atomic E-state index is 6.51. The predicted molar refractivity (Wildman–Crippen MR) is 83.1 cm³/mol. The fraction of sp³-hybridized carbons (Fsp3) is 0.188. The third-order valence-corrected chi connectivity index (χ3v) is 4.87. The lowest BCUT2D eigenvalue weighted by Gasteiger charge is -2.09. The van der Waals surface area contributed by atoms with Crippen molar-refractivity contribution in [1.29, 1.82) is 0 Å². The molecule has 2 heterocycles. The van der Waals surface area contributed by atoms with E-state index in [4.69, 9.17) is 11.6 Å². The molecule has 1 unspecified atom stereocenters. The van der Waals surface area contributed by atoms with Crippen molar-refractivity contribution < 1.29 is 0 Å². The van der Waals surface area contributed by atoms with Crippen LogP contribution in [-0.4, -0.2) is 4.98 Å². The highest BCUT2D eigenvalue weighted by Gasteiger charge is 2.13. The van der Waals surface area contributed by atoms with Gasteiger partial charge in [0.2, 0.25) is 0 Å². The zero-order valence-corrected chi connectivity index (χ0v) is 12.2. The standard InChI is InChI=1S/C16H14ClNS/c1-11-8-9-19-16(11)14(17)10-13-7-6-12-4-2-3-5-15(12)18-13/h2-9,14H,10H2,1H3. The van der Waals surface area contributed by atoms with Gasteiger partial charge < -0.3 is 0 Å². The molecule has 0 radical (unpaired) electrons. The normalized spacial score (nSPS) is 12.7. The first-order valence-corrected chi connectivity index (χ1v) is 7.58. The molecular formula is C16H14ClNS. The van der Waals surface area contributed by atoms with Crippen LogP contribution >= 0.6 is 22.9 Å². The first-order chi connectivity index (χ1) is 9.24. The molecule has 0 saturated heterocycles. The predicted octanol–water partition coefficient (Wildman–Crippen LogP) is 5.13. The smallest absolute Gasteiger partial charge is 0.0736 e. The Morgan fingerprint density at radius 1 is 1.16 bits per heavy atom. The fourth-order valence-corrected chi connectivity index (χ4v) is 3.59. The summed E-state index contributed by atoms with van der Waals surface area (Å²) in [6.07, 6.45) is 0.772. The number of pyridine rings is 1. The monoisotopic (exact) mass is 287 g/mol. The van der Waals surface area contributed by atoms with E-state index in [1.165, 1.54) is 15.8 Å². The summed E-state index contributed by atoms with van der Waals surface area (Å²) >= 11 is 8.23. The second-order valence-corrected chi connectivity index (χ2v) is 6.11. The number of thiophene rings is 1. The van der Waals surface area contributed by atoms with E-state index in [1.54, 1.807) is 11.3 Å². The van der Waals surface area contributed by atoms with Gasteiger partial charge in [0, 0.05) is 22.4 Å². The van der Waals surface area contributed by atoms with Crippen LogP contribution in [0.5, 0.6) is 0 Å². The van der Waals surface area contributed by atoms with E-state index in [2.05, 4.69) is 41.6 Å². The molecule has 0 bridgehead atoms. The van der Waals surface area contributed by atoms with Crippen LogP contribution in [0.15, 0.2) is 47.8 Å². The number of rotatable bonds is 3. The summed E-state index contributed by atoms with van der Waals surface area (Å²) in [4.78, 5) is 5.92. The van der Waals surface area contributed by atoms with Gasteiger partial charge in [0.1, 0.15) is 0 Å². The number of halogens is 1. The molecule has 96 valence electrons. The highest BCUT2D eigenvalue weighted by atomic mass is 35.5. The summed E-state index contributed by atoms with van der Waals surface area (Å²) in [7, 11) is 0. The van der Waals surface area contributed by atoms with E-state index in [0.717, 1.165) is 17.6 Å². The van der Waals surface area contributed by atoms with E-state index < -0.39 is 0 Å². The number of para-hydroxylation sites is 1. The zero-order valence-electron chi connectivity index (χ0n) is 10.6. The van der Waals surface area contributed by atoms with Crippen molar-refractivity contribution in [3.63, 3.8) is 0 Å². The molecule has 0 saturated carbocycles. The molecular weight excluding hydrogens is 274 g/mol. The van der Waals surface area contributed by atoms with E-state index in [9.17, 15) is 0 Å². The molecule has 3 aromatic rings. The third kappa shape index (κ3) is 2.65. The Kier molecular flexibility index (Phi) is 3.54. The molecule has 0 aliphatic carbocycles. The van der Waals surface area contributed by atoms with Gasteiger partial charge in [-0.05, 0) is 36.1 Å². The Morgan fingerprint density at radius 3 is 2.79 bits per heavy atom. The van der Waals surface area contributed by atoms with Gasteiger partial charge in [-0.15, -0.1) is 22.9 Å². The molecule has 3 rings (SSSR count). The van der Waals surface area contributed by atoms with E-state index >= 15 is 0 Å². The number of aryl methyl sites for hydroxylation is 1. The Hall–Kier alpha value is -1.38. The lowest BCUT2D eigenvalue weighted by Crippen LogP contribution is -1.98. The summed E-state index contributed by atoms with van der Waals surface area (Å²) in [5.41, 5.74) is 3.35. The molecule has 0 N–H and O–H groups in total. The summed E-state index contributed by atoms with van der Waals surface area (Å²) in [6.45, 7) is 2.11. The molecule has 1 atom stereocenters. The van der Waals surface area contributed by atoms with Crippen LogP contribution in [0.25, 0.3) is 10.9 Å². The Morgan fingerprint density at radius 2 is 2.00 bits per heavy atom. The first-order valence-electron chi connectivity index (χ1n) is 6.27. The highest BCUT2D eigenvalue weighted by Crippen LogP contribution is 2.31. The maximum Gasteiger partial charge on any atom is 0.0736 e. The molecule has 1 aromatic carbocycles. The number of hydrogen-bond acceptors (Lipinski definition) is 2. The van der Waals surface area contributed by atoms with Crippen molar-refractivity contribution >= 4 is 33.8 Å². The van der Waals surface area contributed by atoms with Crippen molar-refractivity contribution in [3.8, 4) is 0 Å². The average Bonchev–Trinajstić information content (AvgIpc) is 2.85. The zero-order chi connectivity index (χ0) is 13.2. The van der Waals surface area contributed by atoms with Gasteiger partial charge >= 0.3 is 0 Å². The molecule has 0 aliphatic rings. The third-order valence-electron chi connectivity index (χ3n) is 3.23. The van der Waals surface area contributed by atoms with Crippen LogP contribution in [0.1, 0.15) is 21.5 Å². The summed E-state index contributed by atoms with van der Waals surface area (Å²) in [5, 5.41) is 3.27. The second kappa shape index (κ2) is 5.32. The number of benzene rings is 1. The van der Waals surface area contributed by atoms with Crippen LogP contribution in [0.3, 0.4) is 0 Å². The largest absolute Gasteiger partial charge is 0.253 e. The molecule has 1 nitrogen and oxygen atoms in total. The average molecular weight is 288 g/mol. The van der Waals surface area contributed by atoms with Crippen LogP contribution in [-0.2, 0) is 6.42 Å². The molecule has 0 aliphatic heterocycles. The van der Waals surface area contributed by atoms with Gasteiger partial charge in [0.25, 0.3) is 0 Å². The Bertz CT molecular complexity index is 705.